The zero-order valence-electron chi connectivity index (χ0n) is 10.4. The first kappa shape index (κ1) is 13.4. The number of aromatic carboxylic acids is 1. The Morgan fingerprint density at radius 1 is 1.32 bits per heavy atom. The van der Waals surface area contributed by atoms with Crippen LogP contribution in [0.2, 0.25) is 0 Å². The summed E-state index contributed by atoms with van der Waals surface area (Å²) in [6, 6.07) is 6.03. The summed E-state index contributed by atoms with van der Waals surface area (Å²) in [5.41, 5.74) is 0.319. The molecule has 0 heterocycles. The third kappa shape index (κ3) is 3.23. The smallest absolute Gasteiger partial charge is 0.337 e. The summed E-state index contributed by atoms with van der Waals surface area (Å²) < 4.78 is 0. The fourth-order valence-corrected chi connectivity index (χ4v) is 1.91. The maximum atomic E-state index is 12.1. The molecule has 0 saturated heterocycles. The number of carboxylic acid groups (broad SMARTS) is 1. The molecule has 102 valence electrons. The molecule has 6 heteroatoms. The number of hydrogen-bond donors (Lipinski definition) is 3. The normalized spacial score (nSPS) is 13.9. The van der Waals surface area contributed by atoms with Gasteiger partial charge in [0.25, 0.3) is 0 Å². The second kappa shape index (κ2) is 5.71. The third-order valence-corrected chi connectivity index (χ3v) is 2.99. The lowest BCUT2D eigenvalue weighted by Crippen LogP contribution is -2.39. The Bertz CT molecular complexity index is 485. The van der Waals surface area contributed by atoms with Gasteiger partial charge in [0, 0.05) is 12.6 Å². The minimum atomic E-state index is -1.09. The molecule has 0 radical (unpaired) electrons. The van der Waals surface area contributed by atoms with Crippen LogP contribution in [0.1, 0.15) is 23.2 Å². The van der Waals surface area contributed by atoms with Gasteiger partial charge in [0.2, 0.25) is 0 Å². The molecule has 1 fully saturated rings. The highest BCUT2D eigenvalue weighted by Crippen LogP contribution is 2.27. The standard InChI is InChI=1S/C13H16N2O4/c16-8-7-15(9-5-6-9)13(19)14-11-4-2-1-3-10(11)12(17)18/h1-4,9,16H,5-8H2,(H,14,19)(H,17,18). The minimum Gasteiger partial charge on any atom is -0.478 e. The Balaban J connectivity index is 2.11. The van der Waals surface area contributed by atoms with Crippen molar-refractivity contribution in [1.82, 2.24) is 4.90 Å². The number of nitrogens with zero attached hydrogens (tertiary/aromatic N) is 1. The molecule has 0 bridgehead atoms. The lowest BCUT2D eigenvalue weighted by Gasteiger charge is -2.22. The summed E-state index contributed by atoms with van der Waals surface area (Å²) in [6.45, 7) is 0.149. The van der Waals surface area contributed by atoms with Gasteiger partial charge in [0.1, 0.15) is 0 Å². The quantitative estimate of drug-likeness (QED) is 0.749. The molecule has 6 nitrogen and oxygen atoms in total. The van der Waals surface area contributed by atoms with Crippen molar-refractivity contribution in [3.8, 4) is 0 Å². The van der Waals surface area contributed by atoms with Crippen LogP contribution in [0.4, 0.5) is 10.5 Å². The number of carboxylic acids is 1. The highest BCUT2D eigenvalue weighted by molar-refractivity contribution is 6.00. The van der Waals surface area contributed by atoms with Gasteiger partial charge in [-0.1, -0.05) is 12.1 Å². The second-order valence-electron chi connectivity index (χ2n) is 4.43. The molecule has 0 aliphatic heterocycles. The fraction of sp³-hybridized carbons (Fsp3) is 0.385. The molecule has 2 rings (SSSR count). The van der Waals surface area contributed by atoms with Crippen LogP contribution < -0.4 is 5.32 Å². The monoisotopic (exact) mass is 264 g/mol. The number of rotatable bonds is 5. The predicted molar refractivity (Wildman–Crippen MR) is 69.2 cm³/mol. The van der Waals surface area contributed by atoms with Crippen molar-refractivity contribution in [2.45, 2.75) is 18.9 Å². The highest BCUT2D eigenvalue weighted by atomic mass is 16.4. The van der Waals surface area contributed by atoms with Crippen LogP contribution in [0.15, 0.2) is 24.3 Å². The van der Waals surface area contributed by atoms with Crippen molar-refractivity contribution < 1.29 is 19.8 Å². The van der Waals surface area contributed by atoms with E-state index >= 15 is 0 Å². The Morgan fingerprint density at radius 2 is 2.00 bits per heavy atom. The van der Waals surface area contributed by atoms with Crippen LogP contribution in [0.5, 0.6) is 0 Å². The van der Waals surface area contributed by atoms with E-state index in [1.165, 1.54) is 6.07 Å². The van der Waals surface area contributed by atoms with Crippen molar-refractivity contribution >= 4 is 17.7 Å². The van der Waals surface area contributed by atoms with Gasteiger partial charge < -0.3 is 20.4 Å². The van der Waals surface area contributed by atoms with E-state index in [1.807, 2.05) is 0 Å². The molecule has 1 saturated carbocycles. The van der Waals surface area contributed by atoms with Gasteiger partial charge in [-0.3, -0.25) is 0 Å². The Hall–Kier alpha value is -2.08. The number of hydrogen-bond acceptors (Lipinski definition) is 3. The molecule has 0 atom stereocenters. The molecule has 1 aromatic carbocycles. The number of anilines is 1. The Labute approximate surface area is 110 Å². The second-order valence-corrected chi connectivity index (χ2v) is 4.43. The van der Waals surface area contributed by atoms with Crippen LogP contribution in [-0.2, 0) is 0 Å². The van der Waals surface area contributed by atoms with Crippen LogP contribution in [0.25, 0.3) is 0 Å². The molecule has 19 heavy (non-hydrogen) atoms. The molecule has 0 spiro atoms. The van der Waals surface area contributed by atoms with E-state index in [0.29, 0.717) is 0 Å². The summed E-state index contributed by atoms with van der Waals surface area (Å²) in [5.74, 6) is -1.09. The molecular weight excluding hydrogens is 248 g/mol. The molecule has 0 aromatic heterocycles. The van der Waals surface area contributed by atoms with E-state index < -0.39 is 5.97 Å². The molecule has 1 aliphatic carbocycles. The van der Waals surface area contributed by atoms with Crippen molar-refractivity contribution in [2.75, 3.05) is 18.5 Å². The molecular formula is C13H16N2O4. The van der Waals surface area contributed by atoms with Gasteiger partial charge in [0.15, 0.2) is 0 Å². The van der Waals surface area contributed by atoms with Crippen LogP contribution in [0, 0.1) is 0 Å². The van der Waals surface area contributed by atoms with Crippen molar-refractivity contribution in [1.29, 1.82) is 0 Å². The summed E-state index contributed by atoms with van der Waals surface area (Å²) in [5, 5.41) is 20.6. The summed E-state index contributed by atoms with van der Waals surface area (Å²) >= 11 is 0. The predicted octanol–water partition coefficient (Wildman–Crippen LogP) is 1.37. The topological polar surface area (TPSA) is 89.9 Å². The van der Waals surface area contributed by atoms with Crippen LogP contribution in [0.3, 0.4) is 0 Å². The lowest BCUT2D eigenvalue weighted by atomic mass is 10.2. The average Bonchev–Trinajstić information content (AvgIpc) is 3.20. The first-order valence-electron chi connectivity index (χ1n) is 6.14. The number of para-hydroxylation sites is 1. The average molecular weight is 264 g/mol. The number of benzene rings is 1. The summed E-state index contributed by atoms with van der Waals surface area (Å²) in [7, 11) is 0. The third-order valence-electron chi connectivity index (χ3n) is 2.99. The van der Waals surface area contributed by atoms with Gasteiger partial charge in [-0.2, -0.15) is 0 Å². The molecule has 1 aromatic rings. The number of aliphatic hydroxyl groups excluding tert-OH is 1. The number of urea groups is 1. The van der Waals surface area contributed by atoms with Crippen LogP contribution >= 0.6 is 0 Å². The minimum absolute atomic E-state index is 0.0515. The largest absolute Gasteiger partial charge is 0.478 e. The van der Waals surface area contributed by atoms with Crippen molar-refractivity contribution in [3.05, 3.63) is 29.8 Å². The number of aliphatic hydroxyl groups is 1. The first-order valence-corrected chi connectivity index (χ1v) is 6.14. The zero-order chi connectivity index (χ0) is 13.8. The molecule has 2 amide bonds. The SMILES string of the molecule is O=C(O)c1ccccc1NC(=O)N(CCO)C1CC1. The highest BCUT2D eigenvalue weighted by Gasteiger charge is 2.32. The van der Waals surface area contributed by atoms with E-state index in [2.05, 4.69) is 5.32 Å². The van der Waals surface area contributed by atoms with E-state index in [-0.39, 0.29) is 36.5 Å². The molecule has 1 aliphatic rings. The van der Waals surface area contributed by atoms with Gasteiger partial charge in [-0.15, -0.1) is 0 Å². The van der Waals surface area contributed by atoms with E-state index in [1.54, 1.807) is 23.1 Å². The van der Waals surface area contributed by atoms with Crippen molar-refractivity contribution in [2.24, 2.45) is 0 Å². The van der Waals surface area contributed by atoms with Gasteiger partial charge in [-0.05, 0) is 25.0 Å². The number of amides is 2. The van der Waals surface area contributed by atoms with E-state index in [0.717, 1.165) is 12.8 Å². The number of nitrogens with one attached hydrogen (secondary N) is 1. The zero-order valence-corrected chi connectivity index (χ0v) is 10.4. The Morgan fingerprint density at radius 3 is 2.58 bits per heavy atom. The first-order chi connectivity index (χ1) is 9.13. The number of carbonyl (C=O) groups excluding carboxylic acids is 1. The van der Waals surface area contributed by atoms with E-state index in [4.69, 9.17) is 10.2 Å². The van der Waals surface area contributed by atoms with Crippen LogP contribution in [-0.4, -0.2) is 46.3 Å². The number of carbonyl (C=O) groups is 2. The van der Waals surface area contributed by atoms with Gasteiger partial charge in [-0.25, -0.2) is 9.59 Å². The fourth-order valence-electron chi connectivity index (χ4n) is 1.91. The molecule has 3 N–H and O–H groups in total. The van der Waals surface area contributed by atoms with Gasteiger partial charge in [0.05, 0.1) is 17.9 Å². The summed E-state index contributed by atoms with van der Waals surface area (Å²) in [4.78, 5) is 24.7. The maximum Gasteiger partial charge on any atom is 0.337 e. The molecule has 0 unspecified atom stereocenters. The van der Waals surface area contributed by atoms with Gasteiger partial charge >= 0.3 is 12.0 Å². The van der Waals surface area contributed by atoms with Crippen molar-refractivity contribution in [3.63, 3.8) is 0 Å². The Kier molecular flexibility index (Phi) is 4.01. The van der Waals surface area contributed by atoms with E-state index in [9.17, 15) is 9.59 Å². The summed E-state index contributed by atoms with van der Waals surface area (Å²) in [6.07, 6.45) is 1.85. The maximum absolute atomic E-state index is 12.1. The lowest BCUT2D eigenvalue weighted by molar-refractivity contribution is 0.0698.